The summed E-state index contributed by atoms with van der Waals surface area (Å²) in [7, 11) is 3.14. The quantitative estimate of drug-likeness (QED) is 0.836. The number of carbonyl (C=O) groups is 1. The van der Waals surface area contributed by atoms with Crippen LogP contribution in [0.25, 0.3) is 5.69 Å². The Morgan fingerprint density at radius 1 is 1.32 bits per heavy atom. The molecule has 0 atom stereocenters. The summed E-state index contributed by atoms with van der Waals surface area (Å²) in [6, 6.07) is 3.58. The van der Waals surface area contributed by atoms with Crippen molar-refractivity contribution >= 4 is 11.6 Å². The van der Waals surface area contributed by atoms with Gasteiger partial charge in [-0.2, -0.15) is 5.10 Å². The van der Waals surface area contributed by atoms with E-state index >= 15 is 0 Å². The van der Waals surface area contributed by atoms with E-state index in [2.05, 4.69) is 5.10 Å². The van der Waals surface area contributed by atoms with Crippen LogP contribution in [0, 0.1) is 11.6 Å². The van der Waals surface area contributed by atoms with E-state index in [-0.39, 0.29) is 23.0 Å². The van der Waals surface area contributed by atoms with Crippen LogP contribution in [0.5, 0.6) is 0 Å². The highest BCUT2D eigenvalue weighted by Crippen LogP contribution is 2.22. The lowest BCUT2D eigenvalue weighted by molar-refractivity contribution is 0.0821. The lowest BCUT2D eigenvalue weighted by Gasteiger charge is -2.09. The van der Waals surface area contributed by atoms with Gasteiger partial charge in [0.15, 0.2) is 17.3 Å². The number of hydrogen-bond acceptors (Lipinski definition) is 3. The van der Waals surface area contributed by atoms with E-state index in [1.54, 1.807) is 14.1 Å². The van der Waals surface area contributed by atoms with Gasteiger partial charge in [-0.1, -0.05) is 0 Å². The van der Waals surface area contributed by atoms with Crippen LogP contribution in [0.4, 0.5) is 14.5 Å². The first-order chi connectivity index (χ1) is 8.91. The Morgan fingerprint density at radius 2 is 2.00 bits per heavy atom. The Balaban J connectivity index is 2.50. The third-order valence-corrected chi connectivity index (χ3v) is 2.54. The molecule has 0 radical (unpaired) electrons. The summed E-state index contributed by atoms with van der Waals surface area (Å²) < 4.78 is 27.9. The molecular formula is C12H12F2N4O. The number of aromatic nitrogens is 2. The SMILES string of the molecule is CN(C)C(=O)c1ccn(-c2c(N)ccc(F)c2F)n1. The van der Waals surface area contributed by atoms with Gasteiger partial charge in [0.25, 0.3) is 5.91 Å². The van der Waals surface area contributed by atoms with Crippen LogP contribution in [-0.2, 0) is 0 Å². The third-order valence-electron chi connectivity index (χ3n) is 2.54. The molecule has 0 bridgehead atoms. The molecule has 0 saturated carbocycles. The first kappa shape index (κ1) is 13.0. The molecular weight excluding hydrogens is 254 g/mol. The summed E-state index contributed by atoms with van der Waals surface area (Å²) in [5.74, 6) is -2.47. The van der Waals surface area contributed by atoms with E-state index in [4.69, 9.17) is 5.73 Å². The number of benzene rings is 1. The molecule has 5 nitrogen and oxygen atoms in total. The smallest absolute Gasteiger partial charge is 0.273 e. The van der Waals surface area contributed by atoms with E-state index in [1.165, 1.54) is 23.2 Å². The van der Waals surface area contributed by atoms with Gasteiger partial charge in [0, 0.05) is 20.3 Å². The molecule has 0 saturated heterocycles. The number of nitrogens with zero attached hydrogens (tertiary/aromatic N) is 3. The van der Waals surface area contributed by atoms with Crippen LogP contribution >= 0.6 is 0 Å². The molecule has 1 aromatic heterocycles. The zero-order chi connectivity index (χ0) is 14.2. The van der Waals surface area contributed by atoms with Crippen LogP contribution < -0.4 is 5.73 Å². The van der Waals surface area contributed by atoms with Crippen LogP contribution in [0.1, 0.15) is 10.5 Å². The second-order valence-electron chi connectivity index (χ2n) is 4.14. The lowest BCUT2D eigenvalue weighted by atomic mass is 10.2. The largest absolute Gasteiger partial charge is 0.397 e. The van der Waals surface area contributed by atoms with Crippen molar-refractivity contribution in [2.45, 2.75) is 0 Å². The monoisotopic (exact) mass is 266 g/mol. The molecule has 1 heterocycles. The van der Waals surface area contributed by atoms with Gasteiger partial charge in [0.2, 0.25) is 0 Å². The first-order valence-corrected chi connectivity index (χ1v) is 5.43. The highest BCUT2D eigenvalue weighted by atomic mass is 19.2. The van der Waals surface area contributed by atoms with Crippen molar-refractivity contribution in [3.05, 3.63) is 41.7 Å². The van der Waals surface area contributed by atoms with Crippen molar-refractivity contribution in [3.8, 4) is 5.69 Å². The van der Waals surface area contributed by atoms with Crippen molar-refractivity contribution in [2.75, 3.05) is 19.8 Å². The zero-order valence-corrected chi connectivity index (χ0v) is 10.4. The molecule has 2 rings (SSSR count). The number of nitrogen functional groups attached to an aromatic ring is 1. The van der Waals surface area contributed by atoms with Crippen molar-refractivity contribution in [3.63, 3.8) is 0 Å². The van der Waals surface area contributed by atoms with Gasteiger partial charge in [-0.25, -0.2) is 13.5 Å². The molecule has 2 aromatic rings. The summed E-state index contributed by atoms with van der Waals surface area (Å²) in [5, 5.41) is 3.90. The molecule has 1 aromatic carbocycles. The third kappa shape index (κ3) is 2.26. The van der Waals surface area contributed by atoms with Crippen molar-refractivity contribution < 1.29 is 13.6 Å². The van der Waals surface area contributed by atoms with Gasteiger partial charge in [-0.05, 0) is 18.2 Å². The summed E-state index contributed by atoms with van der Waals surface area (Å²) in [5.41, 5.74) is 5.55. The van der Waals surface area contributed by atoms with Crippen LogP contribution in [0.3, 0.4) is 0 Å². The standard InChI is InChI=1S/C12H12F2N4O/c1-17(2)12(19)9-5-6-18(16-9)11-8(15)4-3-7(13)10(11)14/h3-6H,15H2,1-2H3. The molecule has 0 fully saturated rings. The predicted molar refractivity (Wildman–Crippen MR) is 65.9 cm³/mol. The fourth-order valence-corrected chi connectivity index (χ4v) is 1.58. The van der Waals surface area contributed by atoms with Crippen molar-refractivity contribution in [1.82, 2.24) is 14.7 Å². The molecule has 0 aliphatic carbocycles. The molecule has 2 N–H and O–H groups in total. The van der Waals surface area contributed by atoms with Gasteiger partial charge in [0.1, 0.15) is 5.69 Å². The molecule has 0 aliphatic heterocycles. The molecule has 19 heavy (non-hydrogen) atoms. The van der Waals surface area contributed by atoms with Crippen LogP contribution in [-0.4, -0.2) is 34.7 Å². The van der Waals surface area contributed by atoms with Crippen LogP contribution in [0.15, 0.2) is 24.4 Å². The topological polar surface area (TPSA) is 64.2 Å². The molecule has 7 heteroatoms. The summed E-state index contributed by atoms with van der Waals surface area (Å²) in [6.07, 6.45) is 1.35. The molecule has 100 valence electrons. The average Bonchev–Trinajstić information content (AvgIpc) is 2.82. The Kier molecular flexibility index (Phi) is 3.20. The number of halogens is 2. The van der Waals surface area contributed by atoms with E-state index in [9.17, 15) is 13.6 Å². The maximum Gasteiger partial charge on any atom is 0.273 e. The number of rotatable bonds is 2. The number of hydrogen-bond donors (Lipinski definition) is 1. The number of anilines is 1. The van der Waals surface area contributed by atoms with Crippen molar-refractivity contribution in [2.24, 2.45) is 0 Å². The number of nitrogens with two attached hydrogens (primary N) is 1. The normalized spacial score (nSPS) is 10.5. The zero-order valence-electron chi connectivity index (χ0n) is 10.4. The van der Waals surface area contributed by atoms with Gasteiger partial charge in [-0.15, -0.1) is 0 Å². The average molecular weight is 266 g/mol. The minimum Gasteiger partial charge on any atom is -0.397 e. The maximum atomic E-state index is 13.7. The van der Waals surface area contributed by atoms with Gasteiger partial charge >= 0.3 is 0 Å². The minimum absolute atomic E-state index is 0.0332. The fraction of sp³-hybridized carbons (Fsp3) is 0.167. The predicted octanol–water partition coefficient (Wildman–Crippen LogP) is 1.43. The Hall–Kier alpha value is -2.44. The molecule has 0 aliphatic rings. The summed E-state index contributed by atoms with van der Waals surface area (Å²) >= 11 is 0. The van der Waals surface area contributed by atoms with Gasteiger partial charge < -0.3 is 10.6 Å². The van der Waals surface area contributed by atoms with Gasteiger partial charge in [-0.3, -0.25) is 4.79 Å². The second-order valence-corrected chi connectivity index (χ2v) is 4.14. The van der Waals surface area contributed by atoms with E-state index in [0.717, 1.165) is 10.7 Å². The summed E-state index contributed by atoms with van der Waals surface area (Å²) in [6.45, 7) is 0. The lowest BCUT2D eigenvalue weighted by Crippen LogP contribution is -2.22. The van der Waals surface area contributed by atoms with Crippen molar-refractivity contribution in [1.29, 1.82) is 0 Å². The van der Waals surface area contributed by atoms with Gasteiger partial charge in [0.05, 0.1) is 5.69 Å². The highest BCUT2D eigenvalue weighted by molar-refractivity contribution is 5.91. The second kappa shape index (κ2) is 4.68. The molecule has 1 amide bonds. The molecule has 0 spiro atoms. The Bertz CT molecular complexity index is 637. The molecule has 0 unspecified atom stereocenters. The minimum atomic E-state index is -1.10. The number of amides is 1. The van der Waals surface area contributed by atoms with E-state index in [1.807, 2.05) is 0 Å². The number of carbonyl (C=O) groups excluding carboxylic acids is 1. The van der Waals surface area contributed by atoms with Crippen LogP contribution in [0.2, 0.25) is 0 Å². The Morgan fingerprint density at radius 3 is 2.63 bits per heavy atom. The summed E-state index contributed by atoms with van der Waals surface area (Å²) in [4.78, 5) is 13.0. The van der Waals surface area contributed by atoms with E-state index in [0.29, 0.717) is 0 Å². The maximum absolute atomic E-state index is 13.7. The van der Waals surface area contributed by atoms with E-state index < -0.39 is 11.6 Å². The fourth-order valence-electron chi connectivity index (χ4n) is 1.58. The Labute approximate surface area is 108 Å². The first-order valence-electron chi connectivity index (χ1n) is 5.43. The highest BCUT2D eigenvalue weighted by Gasteiger charge is 2.17.